The minimum Gasteiger partial charge on any atom is -0.465 e. The minimum atomic E-state index is -0.980. The summed E-state index contributed by atoms with van der Waals surface area (Å²) in [5, 5.41) is 12.3. The molecule has 130 valence electrons. The number of hydrogen-bond acceptors (Lipinski definition) is 3. The summed E-state index contributed by atoms with van der Waals surface area (Å²) >= 11 is 3.47. The molecule has 7 nitrogen and oxygen atoms in total. The molecule has 1 aromatic heterocycles. The predicted octanol–water partition coefficient (Wildman–Crippen LogP) is 2.56. The Morgan fingerprint density at radius 2 is 2.08 bits per heavy atom. The number of rotatable bonds is 3. The van der Waals surface area contributed by atoms with Gasteiger partial charge in [0.05, 0.1) is 24.1 Å². The number of aromatic nitrogens is 2. The lowest BCUT2D eigenvalue weighted by Gasteiger charge is -2.26. The summed E-state index contributed by atoms with van der Waals surface area (Å²) in [7, 11) is 0. The number of carboxylic acid groups (broad SMARTS) is 1. The van der Waals surface area contributed by atoms with Gasteiger partial charge in [-0.25, -0.2) is 9.78 Å². The molecule has 25 heavy (non-hydrogen) atoms. The van der Waals surface area contributed by atoms with Crippen LogP contribution < -0.4 is 5.32 Å². The van der Waals surface area contributed by atoms with Gasteiger partial charge < -0.3 is 19.9 Å². The van der Waals surface area contributed by atoms with Gasteiger partial charge in [0.25, 0.3) is 5.91 Å². The second-order valence-corrected chi connectivity index (χ2v) is 7.40. The van der Waals surface area contributed by atoms with E-state index in [2.05, 4.69) is 26.2 Å². The third-order valence-corrected chi connectivity index (χ3v) is 5.36. The first kappa shape index (κ1) is 16.1. The van der Waals surface area contributed by atoms with Gasteiger partial charge in [-0.15, -0.1) is 0 Å². The molecule has 0 spiro atoms. The molecule has 2 N–H and O–H groups in total. The molecule has 1 aliphatic heterocycles. The SMILES string of the molecule is O=C(NC1(c2cccc(Br)c2)CC1)c1ncn2c1CN(C(=O)O)CC2. The van der Waals surface area contributed by atoms with Crippen LogP contribution in [0.25, 0.3) is 0 Å². The lowest BCUT2D eigenvalue weighted by molar-refractivity contribution is 0.0919. The Morgan fingerprint density at radius 1 is 1.28 bits per heavy atom. The molecule has 2 amide bonds. The Labute approximate surface area is 152 Å². The molecule has 2 aliphatic rings. The van der Waals surface area contributed by atoms with E-state index in [0.717, 1.165) is 22.9 Å². The summed E-state index contributed by atoms with van der Waals surface area (Å²) in [6, 6.07) is 7.93. The number of nitrogens with zero attached hydrogens (tertiary/aromatic N) is 3. The Bertz CT molecular complexity index is 859. The van der Waals surface area contributed by atoms with Gasteiger partial charge in [0.1, 0.15) is 0 Å². The van der Waals surface area contributed by atoms with E-state index < -0.39 is 6.09 Å². The zero-order chi connectivity index (χ0) is 17.6. The van der Waals surface area contributed by atoms with Crippen LogP contribution in [0.5, 0.6) is 0 Å². The molecular formula is C17H17BrN4O3. The quantitative estimate of drug-likeness (QED) is 0.822. The lowest BCUT2D eigenvalue weighted by Crippen LogP contribution is -2.39. The topological polar surface area (TPSA) is 87.5 Å². The van der Waals surface area contributed by atoms with Gasteiger partial charge >= 0.3 is 6.09 Å². The molecule has 1 aliphatic carbocycles. The number of carbonyl (C=O) groups is 2. The maximum absolute atomic E-state index is 12.8. The van der Waals surface area contributed by atoms with Gasteiger partial charge in [-0.1, -0.05) is 28.1 Å². The monoisotopic (exact) mass is 404 g/mol. The highest BCUT2D eigenvalue weighted by Crippen LogP contribution is 2.46. The van der Waals surface area contributed by atoms with E-state index in [9.17, 15) is 14.7 Å². The van der Waals surface area contributed by atoms with Crippen LogP contribution >= 0.6 is 15.9 Å². The van der Waals surface area contributed by atoms with Crippen LogP contribution in [0.4, 0.5) is 4.79 Å². The fourth-order valence-electron chi connectivity index (χ4n) is 3.28. The van der Waals surface area contributed by atoms with Gasteiger partial charge in [-0.2, -0.15) is 0 Å². The molecule has 0 unspecified atom stereocenters. The standard InChI is InChI=1S/C17H17BrN4O3/c18-12-3-1-2-11(8-12)17(4-5-17)20-15(23)14-13-9-21(16(24)25)6-7-22(13)10-19-14/h1-3,8,10H,4-7,9H2,(H,20,23)(H,24,25). The van der Waals surface area contributed by atoms with Crippen LogP contribution in [0.1, 0.15) is 34.6 Å². The van der Waals surface area contributed by atoms with Gasteiger partial charge in [-0.3, -0.25) is 4.79 Å². The van der Waals surface area contributed by atoms with Gasteiger partial charge in [0.2, 0.25) is 0 Å². The maximum Gasteiger partial charge on any atom is 0.407 e. The number of fused-ring (bicyclic) bond motifs is 1. The zero-order valence-corrected chi connectivity index (χ0v) is 15.0. The molecule has 0 radical (unpaired) electrons. The lowest BCUT2D eigenvalue weighted by atomic mass is 10.0. The summed E-state index contributed by atoms with van der Waals surface area (Å²) in [5.41, 5.74) is 1.68. The van der Waals surface area contributed by atoms with Crippen molar-refractivity contribution in [1.82, 2.24) is 19.8 Å². The number of nitrogens with one attached hydrogen (secondary N) is 1. The van der Waals surface area contributed by atoms with E-state index in [1.54, 1.807) is 6.33 Å². The molecule has 1 fully saturated rings. The Kier molecular flexibility index (Phi) is 3.79. The number of carbonyl (C=O) groups excluding carboxylic acids is 1. The third kappa shape index (κ3) is 2.90. The van der Waals surface area contributed by atoms with Crippen LogP contribution in [0.2, 0.25) is 0 Å². The second-order valence-electron chi connectivity index (χ2n) is 6.48. The van der Waals surface area contributed by atoms with Crippen molar-refractivity contribution >= 4 is 27.9 Å². The van der Waals surface area contributed by atoms with Gasteiger partial charge in [0, 0.05) is 17.6 Å². The van der Waals surface area contributed by atoms with Crippen molar-refractivity contribution < 1.29 is 14.7 Å². The van der Waals surface area contributed by atoms with E-state index in [4.69, 9.17) is 0 Å². The number of benzene rings is 1. The van der Waals surface area contributed by atoms with E-state index in [1.807, 2.05) is 28.8 Å². The Morgan fingerprint density at radius 3 is 2.76 bits per heavy atom. The summed E-state index contributed by atoms with van der Waals surface area (Å²) in [4.78, 5) is 29.6. The molecule has 8 heteroatoms. The fraction of sp³-hybridized carbons (Fsp3) is 0.353. The van der Waals surface area contributed by atoms with Crippen molar-refractivity contribution in [3.05, 3.63) is 52.0 Å². The average Bonchev–Trinajstić information content (AvgIpc) is 3.24. The summed E-state index contributed by atoms with van der Waals surface area (Å²) in [6.07, 6.45) is 2.40. The largest absolute Gasteiger partial charge is 0.465 e. The summed E-state index contributed by atoms with van der Waals surface area (Å²) < 4.78 is 2.83. The second kappa shape index (κ2) is 5.87. The van der Waals surface area contributed by atoms with Crippen molar-refractivity contribution in [3.8, 4) is 0 Å². The number of imidazole rings is 1. The highest BCUT2D eigenvalue weighted by molar-refractivity contribution is 9.10. The van der Waals surface area contributed by atoms with E-state index in [1.165, 1.54) is 4.90 Å². The molecule has 4 rings (SSSR count). The van der Waals surface area contributed by atoms with Gasteiger partial charge in [0.15, 0.2) is 5.69 Å². The molecule has 2 aromatic rings. The third-order valence-electron chi connectivity index (χ3n) is 4.86. The first-order valence-electron chi connectivity index (χ1n) is 8.09. The zero-order valence-electron chi connectivity index (χ0n) is 13.4. The summed E-state index contributed by atoms with van der Waals surface area (Å²) in [6.45, 7) is 1.10. The molecule has 2 heterocycles. The number of halogens is 1. The fourth-order valence-corrected chi connectivity index (χ4v) is 3.68. The predicted molar refractivity (Wildman–Crippen MR) is 93.2 cm³/mol. The Balaban J connectivity index is 1.57. The van der Waals surface area contributed by atoms with Crippen LogP contribution in [-0.2, 0) is 18.6 Å². The summed E-state index contributed by atoms with van der Waals surface area (Å²) in [5.74, 6) is -0.251. The van der Waals surface area contributed by atoms with Crippen LogP contribution in [0, 0.1) is 0 Å². The first-order chi connectivity index (χ1) is 12.0. The normalized spacial score (nSPS) is 17.7. The average molecular weight is 405 g/mol. The molecule has 1 saturated carbocycles. The number of hydrogen-bond donors (Lipinski definition) is 2. The van der Waals surface area contributed by atoms with E-state index >= 15 is 0 Å². The molecule has 0 atom stereocenters. The highest BCUT2D eigenvalue weighted by atomic mass is 79.9. The van der Waals surface area contributed by atoms with Crippen molar-refractivity contribution in [2.75, 3.05) is 6.54 Å². The van der Waals surface area contributed by atoms with Crippen molar-refractivity contribution in [1.29, 1.82) is 0 Å². The van der Waals surface area contributed by atoms with Crippen LogP contribution in [-0.4, -0.2) is 38.1 Å². The smallest absolute Gasteiger partial charge is 0.407 e. The first-order valence-corrected chi connectivity index (χ1v) is 8.88. The van der Waals surface area contributed by atoms with Crippen molar-refractivity contribution in [3.63, 3.8) is 0 Å². The molecule has 0 bridgehead atoms. The van der Waals surface area contributed by atoms with E-state index in [0.29, 0.717) is 24.5 Å². The molecular weight excluding hydrogens is 388 g/mol. The van der Waals surface area contributed by atoms with Crippen molar-refractivity contribution in [2.24, 2.45) is 0 Å². The van der Waals surface area contributed by atoms with Crippen molar-refractivity contribution in [2.45, 2.75) is 31.5 Å². The van der Waals surface area contributed by atoms with Crippen LogP contribution in [0.3, 0.4) is 0 Å². The van der Waals surface area contributed by atoms with Crippen LogP contribution in [0.15, 0.2) is 35.1 Å². The maximum atomic E-state index is 12.8. The number of amides is 2. The van der Waals surface area contributed by atoms with Gasteiger partial charge in [-0.05, 0) is 30.5 Å². The highest BCUT2D eigenvalue weighted by Gasteiger charge is 2.46. The van der Waals surface area contributed by atoms with E-state index in [-0.39, 0.29) is 18.0 Å². The minimum absolute atomic E-state index is 0.183. The molecule has 1 aromatic carbocycles. The Hall–Kier alpha value is -2.35. The molecule has 0 saturated heterocycles.